The van der Waals surface area contributed by atoms with E-state index in [1.807, 2.05) is 30.5 Å². The fraction of sp³-hybridized carbons (Fsp3) is 0.467. The molecule has 0 N–H and O–H groups in total. The van der Waals surface area contributed by atoms with Crippen LogP contribution in [-0.2, 0) is 13.1 Å². The van der Waals surface area contributed by atoms with Gasteiger partial charge in [-0.3, -0.25) is 0 Å². The topological polar surface area (TPSA) is 8.17 Å². The molecular formula is C15H20F2N2. The molecule has 0 amide bonds. The zero-order chi connectivity index (χ0) is 13.8. The number of para-hydroxylation sites is 1. The van der Waals surface area contributed by atoms with E-state index in [1.165, 1.54) is 0 Å². The molecule has 0 aliphatic carbocycles. The van der Waals surface area contributed by atoms with Crippen LogP contribution in [0.15, 0.2) is 30.5 Å². The molecule has 19 heavy (non-hydrogen) atoms. The predicted molar refractivity (Wildman–Crippen MR) is 74.6 cm³/mol. The van der Waals surface area contributed by atoms with Gasteiger partial charge in [0.05, 0.1) is 6.54 Å². The summed E-state index contributed by atoms with van der Waals surface area (Å²) in [6.07, 6.45) is 0.631. The summed E-state index contributed by atoms with van der Waals surface area (Å²) in [5.74, 6) is 0. The Morgan fingerprint density at radius 2 is 2.00 bits per heavy atom. The van der Waals surface area contributed by atoms with E-state index in [1.54, 1.807) is 4.57 Å². The van der Waals surface area contributed by atoms with Crippen LogP contribution in [0, 0.1) is 0 Å². The second-order valence-electron chi connectivity index (χ2n) is 4.95. The molecule has 0 radical (unpaired) electrons. The number of rotatable bonds is 6. The van der Waals surface area contributed by atoms with Gasteiger partial charge in [-0.05, 0) is 31.6 Å². The minimum atomic E-state index is -2.32. The average molecular weight is 266 g/mol. The van der Waals surface area contributed by atoms with Crippen molar-refractivity contribution in [3.63, 3.8) is 0 Å². The fourth-order valence-corrected chi connectivity index (χ4v) is 2.50. The fourth-order valence-electron chi connectivity index (χ4n) is 2.50. The van der Waals surface area contributed by atoms with Crippen molar-refractivity contribution in [2.75, 3.05) is 13.6 Å². The molecule has 0 fully saturated rings. The van der Waals surface area contributed by atoms with E-state index >= 15 is 0 Å². The minimum Gasteiger partial charge on any atom is -0.341 e. The lowest BCUT2D eigenvalue weighted by atomic mass is 10.1. The minimum absolute atomic E-state index is 0.238. The van der Waals surface area contributed by atoms with Crippen LogP contribution in [0.2, 0.25) is 0 Å². The number of alkyl halides is 2. The Labute approximate surface area is 112 Å². The molecule has 0 aliphatic rings. The number of hydrogen-bond acceptors (Lipinski definition) is 1. The number of nitrogens with zero attached hydrogens (tertiary/aromatic N) is 2. The van der Waals surface area contributed by atoms with Crippen LogP contribution in [-0.4, -0.2) is 29.5 Å². The first-order chi connectivity index (χ1) is 9.11. The van der Waals surface area contributed by atoms with Crippen LogP contribution in [0.4, 0.5) is 8.78 Å². The molecule has 0 unspecified atom stereocenters. The number of benzene rings is 1. The maximum Gasteiger partial charge on any atom is 0.256 e. The molecule has 2 nitrogen and oxygen atoms in total. The predicted octanol–water partition coefficient (Wildman–Crippen LogP) is 3.75. The molecule has 0 aliphatic heterocycles. The lowest BCUT2D eigenvalue weighted by molar-refractivity contribution is 0.128. The SMILES string of the molecule is CCCN(C)Cc1cn(CC(F)F)c2ccccc12. The molecule has 0 atom stereocenters. The molecule has 1 aromatic carbocycles. The van der Waals surface area contributed by atoms with Crippen molar-refractivity contribution in [1.82, 2.24) is 9.47 Å². The first-order valence-corrected chi connectivity index (χ1v) is 6.65. The van der Waals surface area contributed by atoms with Gasteiger partial charge in [0.1, 0.15) is 0 Å². The van der Waals surface area contributed by atoms with Crippen LogP contribution in [0.1, 0.15) is 18.9 Å². The molecule has 4 heteroatoms. The highest BCUT2D eigenvalue weighted by Crippen LogP contribution is 2.23. The van der Waals surface area contributed by atoms with Gasteiger partial charge < -0.3 is 9.47 Å². The van der Waals surface area contributed by atoms with E-state index in [0.717, 1.165) is 36.0 Å². The molecular weight excluding hydrogens is 246 g/mol. The van der Waals surface area contributed by atoms with Crippen molar-refractivity contribution in [3.05, 3.63) is 36.0 Å². The Balaban J connectivity index is 2.33. The van der Waals surface area contributed by atoms with Crippen molar-refractivity contribution >= 4 is 10.9 Å². The summed E-state index contributed by atoms with van der Waals surface area (Å²) in [6.45, 7) is 3.70. The molecule has 1 heterocycles. The molecule has 0 saturated carbocycles. The van der Waals surface area contributed by atoms with Crippen LogP contribution in [0.5, 0.6) is 0 Å². The van der Waals surface area contributed by atoms with Gasteiger partial charge in [0.2, 0.25) is 0 Å². The van der Waals surface area contributed by atoms with Crippen molar-refractivity contribution in [2.45, 2.75) is 32.9 Å². The zero-order valence-corrected chi connectivity index (χ0v) is 11.4. The lowest BCUT2D eigenvalue weighted by Crippen LogP contribution is -2.18. The van der Waals surface area contributed by atoms with Crippen LogP contribution < -0.4 is 0 Å². The van der Waals surface area contributed by atoms with Gasteiger partial charge in [-0.25, -0.2) is 8.78 Å². The maximum absolute atomic E-state index is 12.6. The highest BCUT2D eigenvalue weighted by atomic mass is 19.3. The van der Waals surface area contributed by atoms with E-state index in [4.69, 9.17) is 0 Å². The summed E-state index contributed by atoms with van der Waals surface area (Å²) in [4.78, 5) is 2.22. The molecule has 1 aromatic heterocycles. The second kappa shape index (κ2) is 6.15. The quantitative estimate of drug-likeness (QED) is 0.773. The average Bonchev–Trinajstić information content (AvgIpc) is 2.68. The van der Waals surface area contributed by atoms with Gasteiger partial charge in [-0.2, -0.15) is 0 Å². The summed E-state index contributed by atoms with van der Waals surface area (Å²) < 4.78 is 26.9. The zero-order valence-electron chi connectivity index (χ0n) is 11.4. The molecule has 2 rings (SSSR count). The molecule has 104 valence electrons. The van der Waals surface area contributed by atoms with Crippen LogP contribution >= 0.6 is 0 Å². The van der Waals surface area contributed by atoms with Crippen LogP contribution in [0.25, 0.3) is 10.9 Å². The second-order valence-corrected chi connectivity index (χ2v) is 4.95. The van der Waals surface area contributed by atoms with E-state index < -0.39 is 6.43 Å². The number of fused-ring (bicyclic) bond motifs is 1. The third kappa shape index (κ3) is 3.32. The van der Waals surface area contributed by atoms with Gasteiger partial charge in [-0.15, -0.1) is 0 Å². The Morgan fingerprint density at radius 1 is 1.26 bits per heavy atom. The van der Waals surface area contributed by atoms with E-state index in [9.17, 15) is 8.78 Å². The summed E-state index contributed by atoms with van der Waals surface area (Å²) in [5, 5.41) is 1.08. The van der Waals surface area contributed by atoms with Crippen LogP contribution in [0.3, 0.4) is 0 Å². The number of aromatic nitrogens is 1. The molecule has 0 bridgehead atoms. The summed E-state index contributed by atoms with van der Waals surface area (Å²) in [7, 11) is 2.06. The highest BCUT2D eigenvalue weighted by Gasteiger charge is 2.12. The van der Waals surface area contributed by atoms with Gasteiger partial charge in [0.15, 0.2) is 0 Å². The van der Waals surface area contributed by atoms with Crippen molar-refractivity contribution in [3.8, 4) is 0 Å². The van der Waals surface area contributed by atoms with Crippen molar-refractivity contribution < 1.29 is 8.78 Å². The highest BCUT2D eigenvalue weighted by molar-refractivity contribution is 5.83. The molecule has 0 saturated heterocycles. The normalized spacial score (nSPS) is 11.9. The third-order valence-corrected chi connectivity index (χ3v) is 3.25. The molecule has 0 spiro atoms. The lowest BCUT2D eigenvalue weighted by Gasteiger charge is -2.14. The van der Waals surface area contributed by atoms with Gasteiger partial charge in [-0.1, -0.05) is 25.1 Å². The Bertz CT molecular complexity index is 534. The maximum atomic E-state index is 12.6. The standard InChI is InChI=1S/C15H20F2N2/c1-3-8-18(2)9-12-10-19(11-15(16)17)14-7-5-4-6-13(12)14/h4-7,10,15H,3,8-9,11H2,1-2H3. The van der Waals surface area contributed by atoms with E-state index in [-0.39, 0.29) is 6.54 Å². The Hall–Kier alpha value is -1.42. The van der Waals surface area contributed by atoms with E-state index in [0.29, 0.717) is 0 Å². The van der Waals surface area contributed by atoms with Crippen molar-refractivity contribution in [1.29, 1.82) is 0 Å². The van der Waals surface area contributed by atoms with Gasteiger partial charge in [0.25, 0.3) is 6.43 Å². The third-order valence-electron chi connectivity index (χ3n) is 3.25. The number of hydrogen-bond donors (Lipinski definition) is 0. The first kappa shape index (κ1) is 14.0. The van der Waals surface area contributed by atoms with Gasteiger partial charge in [0, 0.05) is 23.6 Å². The number of halogens is 2. The van der Waals surface area contributed by atoms with Gasteiger partial charge >= 0.3 is 0 Å². The summed E-state index contributed by atoms with van der Waals surface area (Å²) in [6, 6.07) is 7.76. The Morgan fingerprint density at radius 3 is 2.68 bits per heavy atom. The monoisotopic (exact) mass is 266 g/mol. The van der Waals surface area contributed by atoms with E-state index in [2.05, 4.69) is 18.9 Å². The summed E-state index contributed by atoms with van der Waals surface area (Å²) in [5.41, 5.74) is 2.01. The smallest absolute Gasteiger partial charge is 0.256 e. The first-order valence-electron chi connectivity index (χ1n) is 6.65. The largest absolute Gasteiger partial charge is 0.341 e. The van der Waals surface area contributed by atoms with Crippen molar-refractivity contribution in [2.24, 2.45) is 0 Å². The summed E-state index contributed by atoms with van der Waals surface area (Å²) >= 11 is 0. The molecule has 2 aromatic rings. The Kier molecular flexibility index (Phi) is 4.53.